The molecule has 0 radical (unpaired) electrons. The van der Waals surface area contributed by atoms with Gasteiger partial charge < -0.3 is 15.2 Å². The Kier molecular flexibility index (Phi) is 4.57. The van der Waals surface area contributed by atoms with Crippen molar-refractivity contribution in [2.45, 2.75) is 13.8 Å². The first-order chi connectivity index (χ1) is 9.95. The highest BCUT2D eigenvalue weighted by molar-refractivity contribution is 5.49. The van der Waals surface area contributed by atoms with Gasteiger partial charge in [0.05, 0.1) is 12.3 Å². The van der Waals surface area contributed by atoms with Crippen LogP contribution in [0.4, 0.5) is 14.5 Å². The number of hydrogen-bond donors (Lipinski definition) is 1. The largest absolute Gasteiger partial charge is 0.476 e. The molecule has 0 bridgehead atoms. The number of nitrogens with two attached hydrogens (primary N) is 1. The zero-order chi connectivity index (χ0) is 15.4. The molecule has 21 heavy (non-hydrogen) atoms. The fourth-order valence-corrected chi connectivity index (χ4v) is 1.52. The Morgan fingerprint density at radius 2 is 1.95 bits per heavy atom. The standard InChI is InChI=1S/C15H16F2N2O2/c1-9(2)8-20-15-12(18)5-6-14(19-15)21-13-7-10(16)3-4-11(13)17/h3-7,9H,8,18H2,1-2H3. The van der Waals surface area contributed by atoms with Crippen molar-refractivity contribution in [3.8, 4) is 17.5 Å². The van der Waals surface area contributed by atoms with Gasteiger partial charge in [-0.05, 0) is 24.1 Å². The van der Waals surface area contributed by atoms with Gasteiger partial charge in [-0.1, -0.05) is 13.8 Å². The van der Waals surface area contributed by atoms with Crippen LogP contribution in [0.3, 0.4) is 0 Å². The van der Waals surface area contributed by atoms with Crippen molar-refractivity contribution < 1.29 is 18.3 Å². The molecule has 0 unspecified atom stereocenters. The number of rotatable bonds is 5. The molecule has 0 amide bonds. The third-order valence-electron chi connectivity index (χ3n) is 2.53. The fraction of sp³-hybridized carbons (Fsp3) is 0.267. The van der Waals surface area contributed by atoms with E-state index in [9.17, 15) is 8.78 Å². The molecule has 1 heterocycles. The summed E-state index contributed by atoms with van der Waals surface area (Å²) in [7, 11) is 0. The van der Waals surface area contributed by atoms with Gasteiger partial charge in [-0.15, -0.1) is 0 Å². The van der Waals surface area contributed by atoms with E-state index in [1.54, 1.807) is 0 Å². The van der Waals surface area contributed by atoms with Gasteiger partial charge >= 0.3 is 0 Å². The van der Waals surface area contributed by atoms with Crippen LogP contribution >= 0.6 is 0 Å². The molecular formula is C15H16F2N2O2. The Bertz CT molecular complexity index is 633. The highest BCUT2D eigenvalue weighted by Gasteiger charge is 2.10. The summed E-state index contributed by atoms with van der Waals surface area (Å²) in [5, 5.41) is 0. The SMILES string of the molecule is CC(C)COc1nc(Oc2cc(F)ccc2F)ccc1N. The molecule has 1 aromatic heterocycles. The Morgan fingerprint density at radius 1 is 1.19 bits per heavy atom. The van der Waals surface area contributed by atoms with E-state index < -0.39 is 11.6 Å². The van der Waals surface area contributed by atoms with Crippen molar-refractivity contribution in [3.05, 3.63) is 42.0 Å². The minimum absolute atomic E-state index is 0.0763. The molecule has 0 saturated heterocycles. The maximum absolute atomic E-state index is 13.5. The predicted molar refractivity (Wildman–Crippen MR) is 75.4 cm³/mol. The second-order valence-electron chi connectivity index (χ2n) is 4.93. The molecule has 2 rings (SSSR count). The van der Waals surface area contributed by atoms with E-state index in [1.807, 2.05) is 13.8 Å². The number of aromatic nitrogens is 1. The second-order valence-corrected chi connectivity index (χ2v) is 4.93. The van der Waals surface area contributed by atoms with Crippen molar-refractivity contribution in [1.82, 2.24) is 4.98 Å². The Labute approximate surface area is 121 Å². The molecule has 2 aromatic rings. The van der Waals surface area contributed by atoms with Crippen LogP contribution in [0.5, 0.6) is 17.5 Å². The van der Waals surface area contributed by atoms with Crippen molar-refractivity contribution in [2.24, 2.45) is 5.92 Å². The van der Waals surface area contributed by atoms with E-state index in [0.717, 1.165) is 18.2 Å². The van der Waals surface area contributed by atoms with Crippen LogP contribution in [-0.2, 0) is 0 Å². The summed E-state index contributed by atoms with van der Waals surface area (Å²) in [6, 6.07) is 5.94. The van der Waals surface area contributed by atoms with Crippen molar-refractivity contribution in [1.29, 1.82) is 0 Å². The van der Waals surface area contributed by atoms with E-state index in [-0.39, 0.29) is 17.5 Å². The molecule has 0 fully saturated rings. The molecule has 2 N–H and O–H groups in total. The molecule has 4 nitrogen and oxygen atoms in total. The smallest absolute Gasteiger partial charge is 0.240 e. The maximum Gasteiger partial charge on any atom is 0.240 e. The van der Waals surface area contributed by atoms with Crippen LogP contribution in [-0.4, -0.2) is 11.6 Å². The van der Waals surface area contributed by atoms with Crippen molar-refractivity contribution >= 4 is 5.69 Å². The van der Waals surface area contributed by atoms with Gasteiger partial charge in [0, 0.05) is 12.1 Å². The van der Waals surface area contributed by atoms with Gasteiger partial charge in [-0.3, -0.25) is 0 Å². The molecule has 0 aliphatic heterocycles. The lowest BCUT2D eigenvalue weighted by molar-refractivity contribution is 0.260. The van der Waals surface area contributed by atoms with Gasteiger partial charge in [0.2, 0.25) is 11.8 Å². The molecular weight excluding hydrogens is 278 g/mol. The van der Waals surface area contributed by atoms with E-state index in [1.165, 1.54) is 12.1 Å². The van der Waals surface area contributed by atoms with Gasteiger partial charge in [0.25, 0.3) is 0 Å². The molecule has 6 heteroatoms. The van der Waals surface area contributed by atoms with E-state index in [0.29, 0.717) is 18.2 Å². The lowest BCUT2D eigenvalue weighted by atomic mass is 10.2. The predicted octanol–water partition coefficient (Wildman–Crippen LogP) is 3.77. The summed E-state index contributed by atoms with van der Waals surface area (Å²) in [5.74, 6) is -0.943. The molecule has 0 aliphatic rings. The number of ether oxygens (including phenoxy) is 2. The number of nitrogens with zero attached hydrogens (tertiary/aromatic N) is 1. The molecule has 1 aromatic carbocycles. The van der Waals surface area contributed by atoms with Crippen LogP contribution < -0.4 is 15.2 Å². The number of halogens is 2. The third kappa shape index (κ3) is 4.05. The van der Waals surface area contributed by atoms with Crippen molar-refractivity contribution in [2.75, 3.05) is 12.3 Å². The van der Waals surface area contributed by atoms with Crippen LogP contribution in [0, 0.1) is 17.6 Å². The maximum atomic E-state index is 13.5. The monoisotopic (exact) mass is 294 g/mol. The van der Waals surface area contributed by atoms with Crippen LogP contribution in [0.25, 0.3) is 0 Å². The topological polar surface area (TPSA) is 57.4 Å². The van der Waals surface area contributed by atoms with Gasteiger partial charge in [0.1, 0.15) is 5.82 Å². The molecule has 0 saturated carbocycles. The first kappa shape index (κ1) is 15.0. The van der Waals surface area contributed by atoms with Gasteiger partial charge in [-0.2, -0.15) is 4.98 Å². The summed E-state index contributed by atoms with van der Waals surface area (Å²) in [6.07, 6.45) is 0. The zero-order valence-electron chi connectivity index (χ0n) is 11.8. The Morgan fingerprint density at radius 3 is 2.67 bits per heavy atom. The number of nitrogen functional groups attached to an aromatic ring is 1. The fourth-order valence-electron chi connectivity index (χ4n) is 1.52. The first-order valence-corrected chi connectivity index (χ1v) is 6.48. The molecule has 0 atom stereocenters. The summed E-state index contributed by atoms with van der Waals surface area (Å²) < 4.78 is 37.3. The van der Waals surface area contributed by atoms with E-state index in [4.69, 9.17) is 15.2 Å². The summed E-state index contributed by atoms with van der Waals surface area (Å²) in [4.78, 5) is 4.05. The van der Waals surface area contributed by atoms with Crippen LogP contribution in [0.2, 0.25) is 0 Å². The van der Waals surface area contributed by atoms with Gasteiger partial charge in [0.15, 0.2) is 11.6 Å². The first-order valence-electron chi connectivity index (χ1n) is 6.48. The summed E-state index contributed by atoms with van der Waals surface area (Å²) >= 11 is 0. The molecule has 112 valence electrons. The third-order valence-corrected chi connectivity index (χ3v) is 2.53. The van der Waals surface area contributed by atoms with E-state index in [2.05, 4.69) is 4.98 Å². The normalized spacial score (nSPS) is 10.7. The van der Waals surface area contributed by atoms with Gasteiger partial charge in [-0.25, -0.2) is 8.78 Å². The summed E-state index contributed by atoms with van der Waals surface area (Å²) in [6.45, 7) is 4.41. The average Bonchev–Trinajstić information content (AvgIpc) is 2.43. The quantitative estimate of drug-likeness (QED) is 0.912. The number of hydrogen-bond acceptors (Lipinski definition) is 4. The Hall–Kier alpha value is -2.37. The number of benzene rings is 1. The van der Waals surface area contributed by atoms with E-state index >= 15 is 0 Å². The van der Waals surface area contributed by atoms with Crippen LogP contribution in [0.1, 0.15) is 13.8 Å². The van der Waals surface area contributed by atoms with Crippen LogP contribution in [0.15, 0.2) is 30.3 Å². The van der Waals surface area contributed by atoms with Crippen molar-refractivity contribution in [3.63, 3.8) is 0 Å². The minimum atomic E-state index is -0.681. The minimum Gasteiger partial charge on any atom is -0.476 e. The summed E-state index contributed by atoms with van der Waals surface area (Å²) in [5.41, 5.74) is 6.10. The number of pyridine rings is 1. The lowest BCUT2D eigenvalue weighted by Crippen LogP contribution is -2.08. The second kappa shape index (κ2) is 6.39. The average molecular weight is 294 g/mol. The molecule has 0 spiro atoms. The highest BCUT2D eigenvalue weighted by atomic mass is 19.1. The molecule has 0 aliphatic carbocycles. The lowest BCUT2D eigenvalue weighted by Gasteiger charge is -2.12. The Balaban J connectivity index is 2.20. The highest BCUT2D eigenvalue weighted by Crippen LogP contribution is 2.28. The number of anilines is 1. The zero-order valence-corrected chi connectivity index (χ0v) is 11.8.